The van der Waals surface area contributed by atoms with Crippen LogP contribution in [0, 0.1) is 10.1 Å². The SMILES string of the molecule is O=[N+]([O-])c1cc(S(=O)(=O)N2CCC(O)C2)sc1Cl. The number of aliphatic hydroxyl groups excluding tert-OH is 1. The fourth-order valence-corrected chi connectivity index (χ4v) is 4.96. The van der Waals surface area contributed by atoms with Crippen molar-refractivity contribution in [3.8, 4) is 0 Å². The number of hydrogen-bond acceptors (Lipinski definition) is 6. The summed E-state index contributed by atoms with van der Waals surface area (Å²) in [6.45, 7) is 0.207. The van der Waals surface area contributed by atoms with Crippen LogP contribution >= 0.6 is 22.9 Å². The van der Waals surface area contributed by atoms with Gasteiger partial charge in [-0.15, -0.1) is 11.3 Å². The fraction of sp³-hybridized carbons (Fsp3) is 0.500. The van der Waals surface area contributed by atoms with Crippen molar-refractivity contribution in [1.29, 1.82) is 0 Å². The second kappa shape index (κ2) is 4.74. The topological polar surface area (TPSA) is 101 Å². The van der Waals surface area contributed by atoms with Gasteiger partial charge in [-0.25, -0.2) is 8.42 Å². The quantitative estimate of drug-likeness (QED) is 0.664. The zero-order valence-electron chi connectivity index (χ0n) is 8.95. The standard InChI is InChI=1S/C8H9ClN2O5S2/c9-8-6(11(13)14)3-7(17-8)18(15,16)10-2-1-5(12)4-10/h3,5,12H,1-2,4H2. The molecule has 1 N–H and O–H groups in total. The Bertz CT molecular complexity index is 584. The number of rotatable bonds is 3. The molecule has 0 saturated carbocycles. The summed E-state index contributed by atoms with van der Waals surface area (Å²) >= 11 is 6.28. The number of aliphatic hydroxyl groups is 1. The molecular weight excluding hydrogens is 304 g/mol. The van der Waals surface area contributed by atoms with Crippen molar-refractivity contribution >= 4 is 38.6 Å². The summed E-state index contributed by atoms with van der Waals surface area (Å²) in [4.78, 5) is 9.89. The van der Waals surface area contributed by atoms with Crippen LogP contribution in [0.2, 0.25) is 4.34 Å². The predicted molar refractivity (Wildman–Crippen MR) is 65.4 cm³/mol. The summed E-state index contributed by atoms with van der Waals surface area (Å²) in [5.74, 6) is 0. The summed E-state index contributed by atoms with van der Waals surface area (Å²) in [6.07, 6.45) is -0.328. The van der Waals surface area contributed by atoms with E-state index in [4.69, 9.17) is 11.6 Å². The highest BCUT2D eigenvalue weighted by molar-refractivity contribution is 7.91. The third kappa shape index (κ3) is 2.36. The highest BCUT2D eigenvalue weighted by Gasteiger charge is 2.34. The minimum absolute atomic E-state index is 0.00561. The molecule has 1 unspecified atom stereocenters. The minimum Gasteiger partial charge on any atom is -0.392 e. The average molecular weight is 313 g/mol. The summed E-state index contributed by atoms with van der Waals surface area (Å²) < 4.78 is 25.0. The molecular formula is C8H9ClN2O5S2. The second-order valence-corrected chi connectivity index (χ2v) is 7.61. The van der Waals surface area contributed by atoms with E-state index in [0.717, 1.165) is 10.4 Å². The highest BCUT2D eigenvalue weighted by Crippen LogP contribution is 2.38. The Kier molecular flexibility index (Phi) is 3.60. The van der Waals surface area contributed by atoms with Gasteiger partial charge in [-0.1, -0.05) is 11.6 Å². The molecule has 0 spiro atoms. The van der Waals surface area contributed by atoms with E-state index in [9.17, 15) is 23.6 Å². The lowest BCUT2D eigenvalue weighted by atomic mass is 10.3. The Morgan fingerprint density at radius 1 is 1.61 bits per heavy atom. The van der Waals surface area contributed by atoms with E-state index in [-0.39, 0.29) is 21.6 Å². The van der Waals surface area contributed by atoms with Crippen LogP contribution in [0.5, 0.6) is 0 Å². The molecule has 1 fully saturated rings. The molecule has 100 valence electrons. The van der Waals surface area contributed by atoms with E-state index in [1.165, 1.54) is 0 Å². The molecule has 10 heteroatoms. The minimum atomic E-state index is -3.80. The molecule has 1 saturated heterocycles. The first kappa shape index (κ1) is 13.7. The van der Waals surface area contributed by atoms with Crippen LogP contribution in [0.3, 0.4) is 0 Å². The molecule has 2 heterocycles. The molecule has 2 rings (SSSR count). The van der Waals surface area contributed by atoms with E-state index in [1.54, 1.807) is 0 Å². The van der Waals surface area contributed by atoms with Gasteiger partial charge in [-0.2, -0.15) is 4.31 Å². The van der Waals surface area contributed by atoms with E-state index in [0.29, 0.717) is 17.8 Å². The number of thiophene rings is 1. The normalized spacial score (nSPS) is 21.3. The zero-order chi connectivity index (χ0) is 13.5. The Hall–Kier alpha value is -0.740. The third-order valence-corrected chi connectivity index (χ3v) is 6.22. The summed E-state index contributed by atoms with van der Waals surface area (Å²) in [6, 6.07) is 0.951. The van der Waals surface area contributed by atoms with E-state index >= 15 is 0 Å². The van der Waals surface area contributed by atoms with Crippen LogP contribution in [0.1, 0.15) is 6.42 Å². The van der Waals surface area contributed by atoms with E-state index in [1.807, 2.05) is 0 Å². The largest absolute Gasteiger partial charge is 0.392 e. The molecule has 1 atom stereocenters. The molecule has 0 bridgehead atoms. The van der Waals surface area contributed by atoms with Gasteiger partial charge in [0.2, 0.25) is 0 Å². The molecule has 1 aromatic heterocycles. The molecule has 0 radical (unpaired) electrons. The van der Waals surface area contributed by atoms with Crippen LogP contribution < -0.4 is 0 Å². The average Bonchev–Trinajstić information content (AvgIpc) is 2.84. The predicted octanol–water partition coefficient (Wildman–Crippen LogP) is 1.07. The number of nitro groups is 1. The molecule has 1 aliphatic heterocycles. The van der Waals surface area contributed by atoms with E-state index < -0.39 is 26.7 Å². The Morgan fingerprint density at radius 2 is 2.28 bits per heavy atom. The van der Waals surface area contributed by atoms with Gasteiger partial charge in [0.15, 0.2) is 4.34 Å². The maximum Gasteiger partial charge on any atom is 0.300 e. The first-order valence-electron chi connectivity index (χ1n) is 4.94. The van der Waals surface area contributed by atoms with Gasteiger partial charge < -0.3 is 5.11 Å². The van der Waals surface area contributed by atoms with Gasteiger partial charge in [0.25, 0.3) is 15.7 Å². The fourth-order valence-electron chi connectivity index (χ4n) is 1.65. The molecule has 0 aromatic carbocycles. The van der Waals surface area contributed by atoms with Gasteiger partial charge in [0.1, 0.15) is 4.21 Å². The van der Waals surface area contributed by atoms with Gasteiger partial charge in [0.05, 0.1) is 11.0 Å². The van der Waals surface area contributed by atoms with Gasteiger partial charge in [0, 0.05) is 19.2 Å². The van der Waals surface area contributed by atoms with Crippen LogP contribution in [0.25, 0.3) is 0 Å². The van der Waals surface area contributed by atoms with Crippen molar-refractivity contribution in [2.24, 2.45) is 0 Å². The Morgan fingerprint density at radius 3 is 2.72 bits per heavy atom. The lowest BCUT2D eigenvalue weighted by Gasteiger charge is -2.13. The molecule has 18 heavy (non-hydrogen) atoms. The third-order valence-electron chi connectivity index (χ3n) is 2.56. The summed E-state index contributed by atoms with van der Waals surface area (Å²) in [5.41, 5.74) is -0.417. The van der Waals surface area contributed by atoms with Crippen molar-refractivity contribution in [3.63, 3.8) is 0 Å². The van der Waals surface area contributed by atoms with Crippen molar-refractivity contribution in [3.05, 3.63) is 20.5 Å². The molecule has 0 aliphatic carbocycles. The number of β-amino-alcohol motifs (C(OH)–C–C–N with tert-alkyl or cyclic N) is 1. The monoisotopic (exact) mass is 312 g/mol. The highest BCUT2D eigenvalue weighted by atomic mass is 35.5. The second-order valence-electron chi connectivity index (χ2n) is 3.79. The number of nitrogens with zero attached hydrogens (tertiary/aromatic N) is 2. The van der Waals surface area contributed by atoms with Crippen molar-refractivity contribution in [2.75, 3.05) is 13.1 Å². The molecule has 1 aromatic rings. The summed E-state index contributed by atoms with van der Waals surface area (Å²) in [7, 11) is -3.80. The van der Waals surface area contributed by atoms with Crippen molar-refractivity contribution < 1.29 is 18.4 Å². The first-order chi connectivity index (χ1) is 8.32. The molecule has 7 nitrogen and oxygen atoms in total. The maximum absolute atomic E-state index is 12.1. The van der Waals surface area contributed by atoms with Gasteiger partial charge in [-0.3, -0.25) is 10.1 Å². The molecule has 0 amide bonds. The number of sulfonamides is 1. The smallest absolute Gasteiger partial charge is 0.300 e. The first-order valence-corrected chi connectivity index (χ1v) is 7.58. The van der Waals surface area contributed by atoms with Crippen molar-refractivity contribution in [1.82, 2.24) is 4.31 Å². The van der Waals surface area contributed by atoms with Gasteiger partial charge >= 0.3 is 0 Å². The maximum atomic E-state index is 12.1. The van der Waals surface area contributed by atoms with Crippen LogP contribution in [-0.4, -0.2) is 41.9 Å². The van der Waals surface area contributed by atoms with E-state index in [2.05, 4.69) is 0 Å². The number of hydrogen-bond donors (Lipinski definition) is 1. The molecule has 1 aliphatic rings. The Balaban J connectivity index is 2.36. The van der Waals surface area contributed by atoms with Gasteiger partial charge in [-0.05, 0) is 6.42 Å². The summed E-state index contributed by atoms with van der Waals surface area (Å²) in [5, 5.41) is 19.9. The van der Waals surface area contributed by atoms with Crippen LogP contribution in [0.4, 0.5) is 5.69 Å². The lowest BCUT2D eigenvalue weighted by molar-refractivity contribution is -0.384. The lowest BCUT2D eigenvalue weighted by Crippen LogP contribution is -2.29. The van der Waals surface area contributed by atoms with Crippen LogP contribution in [-0.2, 0) is 10.0 Å². The Labute approximate surface area is 112 Å². The van der Waals surface area contributed by atoms with Crippen molar-refractivity contribution in [2.45, 2.75) is 16.7 Å². The number of halogens is 1. The zero-order valence-corrected chi connectivity index (χ0v) is 11.3. The van der Waals surface area contributed by atoms with Crippen LogP contribution in [0.15, 0.2) is 10.3 Å².